The molecule has 0 atom stereocenters. The van der Waals surface area contributed by atoms with E-state index in [0.717, 1.165) is 11.1 Å². The number of hydrogen-bond acceptors (Lipinski definition) is 4. The van der Waals surface area contributed by atoms with Gasteiger partial charge in [0.2, 0.25) is 10.0 Å². The molecule has 0 spiro atoms. The summed E-state index contributed by atoms with van der Waals surface area (Å²) in [5, 5.41) is 0. The highest BCUT2D eigenvalue weighted by atomic mass is 32.2. The number of piperazine rings is 1. The Bertz CT molecular complexity index is 908. The van der Waals surface area contributed by atoms with Crippen LogP contribution in [0.1, 0.15) is 21.5 Å². The molecular weight excluding hydrogens is 367 g/mol. The standard InChI is InChI=1S/C20H23FN2O3S/c1-16-7-8-19(21)18(13-16)20(24)14-22-9-11-23(12-10-22)27(25,26)15-17-5-3-2-4-6-17/h2-8,13H,9-12,14-15H2,1H3. The monoisotopic (exact) mass is 390 g/mol. The van der Waals surface area contributed by atoms with Crippen molar-refractivity contribution < 1.29 is 17.6 Å². The minimum atomic E-state index is -3.39. The summed E-state index contributed by atoms with van der Waals surface area (Å²) in [6.45, 7) is 3.47. The molecule has 27 heavy (non-hydrogen) atoms. The van der Waals surface area contributed by atoms with E-state index in [2.05, 4.69) is 0 Å². The van der Waals surface area contributed by atoms with Crippen molar-refractivity contribution in [3.05, 3.63) is 71.0 Å². The second kappa shape index (κ2) is 8.29. The number of ketones is 1. The number of Topliss-reactive ketones (excluding diaryl/α,β-unsaturated/α-hetero) is 1. The Balaban J connectivity index is 1.57. The van der Waals surface area contributed by atoms with Gasteiger partial charge >= 0.3 is 0 Å². The first kappa shape index (κ1) is 19.7. The van der Waals surface area contributed by atoms with Crippen LogP contribution >= 0.6 is 0 Å². The Morgan fingerprint density at radius 2 is 1.70 bits per heavy atom. The van der Waals surface area contributed by atoms with E-state index in [9.17, 15) is 17.6 Å². The second-order valence-corrected chi connectivity index (χ2v) is 8.79. The number of sulfonamides is 1. The molecule has 1 heterocycles. The molecule has 0 bridgehead atoms. The summed E-state index contributed by atoms with van der Waals surface area (Å²) in [7, 11) is -3.39. The third-order valence-corrected chi connectivity index (χ3v) is 6.56. The van der Waals surface area contributed by atoms with E-state index in [1.807, 2.05) is 30.0 Å². The van der Waals surface area contributed by atoms with Crippen molar-refractivity contribution >= 4 is 15.8 Å². The van der Waals surface area contributed by atoms with Crippen LogP contribution in [-0.2, 0) is 15.8 Å². The van der Waals surface area contributed by atoms with Crippen molar-refractivity contribution in [2.75, 3.05) is 32.7 Å². The van der Waals surface area contributed by atoms with Gasteiger partial charge in [-0.25, -0.2) is 12.8 Å². The summed E-state index contributed by atoms with van der Waals surface area (Å²) in [4.78, 5) is 14.3. The van der Waals surface area contributed by atoms with Gasteiger partial charge < -0.3 is 0 Å². The first-order chi connectivity index (χ1) is 12.8. The van der Waals surface area contributed by atoms with Crippen LogP contribution in [0.15, 0.2) is 48.5 Å². The van der Waals surface area contributed by atoms with E-state index in [-0.39, 0.29) is 23.6 Å². The van der Waals surface area contributed by atoms with Gasteiger partial charge in [-0.3, -0.25) is 9.69 Å². The van der Waals surface area contributed by atoms with E-state index in [4.69, 9.17) is 0 Å². The molecule has 2 aromatic carbocycles. The SMILES string of the molecule is Cc1ccc(F)c(C(=O)CN2CCN(S(=O)(=O)Cc3ccccc3)CC2)c1. The van der Waals surface area contributed by atoms with Gasteiger partial charge in [-0.1, -0.05) is 42.0 Å². The van der Waals surface area contributed by atoms with Crippen molar-refractivity contribution in [1.29, 1.82) is 0 Å². The quantitative estimate of drug-likeness (QED) is 0.711. The maximum atomic E-state index is 13.9. The number of halogens is 1. The molecule has 0 amide bonds. The third-order valence-electron chi connectivity index (χ3n) is 4.71. The fourth-order valence-corrected chi connectivity index (χ4v) is 4.70. The number of benzene rings is 2. The maximum absolute atomic E-state index is 13.9. The lowest BCUT2D eigenvalue weighted by Gasteiger charge is -2.33. The summed E-state index contributed by atoms with van der Waals surface area (Å²) in [5.74, 6) is -0.826. The molecule has 5 nitrogen and oxygen atoms in total. The Kier molecular flexibility index (Phi) is 6.04. The number of carbonyl (C=O) groups is 1. The zero-order chi connectivity index (χ0) is 19.4. The minimum absolute atomic E-state index is 0.0265. The highest BCUT2D eigenvalue weighted by Crippen LogP contribution is 2.15. The van der Waals surface area contributed by atoms with E-state index < -0.39 is 15.8 Å². The zero-order valence-electron chi connectivity index (χ0n) is 15.3. The normalized spacial score (nSPS) is 16.4. The van der Waals surface area contributed by atoms with Gasteiger partial charge in [0.1, 0.15) is 5.82 Å². The molecule has 1 aliphatic heterocycles. The van der Waals surface area contributed by atoms with Crippen LogP contribution in [0.5, 0.6) is 0 Å². The molecule has 0 aliphatic carbocycles. The third kappa shape index (κ3) is 5.00. The van der Waals surface area contributed by atoms with Crippen molar-refractivity contribution in [3.63, 3.8) is 0 Å². The molecule has 0 saturated carbocycles. The van der Waals surface area contributed by atoms with Crippen LogP contribution in [0.3, 0.4) is 0 Å². The summed E-state index contributed by atoms with van der Waals surface area (Å²) in [6, 6.07) is 13.6. The highest BCUT2D eigenvalue weighted by Gasteiger charge is 2.28. The average Bonchev–Trinajstić information content (AvgIpc) is 2.64. The van der Waals surface area contributed by atoms with Gasteiger partial charge in [0, 0.05) is 26.2 Å². The summed E-state index contributed by atoms with van der Waals surface area (Å²) < 4.78 is 40.5. The van der Waals surface area contributed by atoms with Crippen molar-refractivity contribution in [1.82, 2.24) is 9.21 Å². The summed E-state index contributed by atoms with van der Waals surface area (Å²) in [6.07, 6.45) is 0. The molecule has 0 unspecified atom stereocenters. The van der Waals surface area contributed by atoms with Crippen LogP contribution in [0.2, 0.25) is 0 Å². The van der Waals surface area contributed by atoms with E-state index in [1.54, 1.807) is 24.3 Å². The van der Waals surface area contributed by atoms with Crippen LogP contribution in [-0.4, -0.2) is 56.1 Å². The fraction of sp³-hybridized carbons (Fsp3) is 0.350. The van der Waals surface area contributed by atoms with Gasteiger partial charge in [0.25, 0.3) is 0 Å². The van der Waals surface area contributed by atoms with E-state index >= 15 is 0 Å². The Hall–Kier alpha value is -2.09. The lowest BCUT2D eigenvalue weighted by molar-refractivity contribution is 0.0897. The smallest absolute Gasteiger partial charge is 0.218 e. The topological polar surface area (TPSA) is 57.7 Å². The van der Waals surface area contributed by atoms with E-state index in [1.165, 1.54) is 10.4 Å². The molecule has 0 radical (unpaired) electrons. The van der Waals surface area contributed by atoms with Gasteiger partial charge in [0.05, 0.1) is 17.9 Å². The molecule has 0 aromatic heterocycles. The molecule has 0 N–H and O–H groups in total. The van der Waals surface area contributed by atoms with Gasteiger partial charge in [0.15, 0.2) is 5.78 Å². The minimum Gasteiger partial charge on any atom is -0.293 e. The van der Waals surface area contributed by atoms with Gasteiger partial charge in [-0.2, -0.15) is 4.31 Å². The van der Waals surface area contributed by atoms with Crippen LogP contribution in [0.25, 0.3) is 0 Å². The Morgan fingerprint density at radius 1 is 1.04 bits per heavy atom. The molecule has 144 valence electrons. The molecule has 1 fully saturated rings. The molecule has 2 aromatic rings. The molecular formula is C20H23FN2O3S. The van der Waals surface area contributed by atoms with Gasteiger partial charge in [-0.15, -0.1) is 0 Å². The van der Waals surface area contributed by atoms with Crippen molar-refractivity contribution in [2.24, 2.45) is 0 Å². The van der Waals surface area contributed by atoms with E-state index in [0.29, 0.717) is 26.2 Å². The predicted molar refractivity (Wildman–Crippen MR) is 103 cm³/mol. The molecule has 1 aliphatic rings. The number of rotatable bonds is 6. The first-order valence-corrected chi connectivity index (χ1v) is 10.5. The first-order valence-electron chi connectivity index (χ1n) is 8.88. The lowest BCUT2D eigenvalue weighted by atomic mass is 10.1. The Labute approximate surface area is 159 Å². The summed E-state index contributed by atoms with van der Waals surface area (Å²) >= 11 is 0. The largest absolute Gasteiger partial charge is 0.293 e. The number of nitrogens with zero attached hydrogens (tertiary/aromatic N) is 2. The maximum Gasteiger partial charge on any atom is 0.218 e. The lowest BCUT2D eigenvalue weighted by Crippen LogP contribution is -2.50. The molecule has 7 heteroatoms. The summed E-state index contributed by atoms with van der Waals surface area (Å²) in [5.41, 5.74) is 1.68. The number of carbonyl (C=O) groups excluding carboxylic acids is 1. The highest BCUT2D eigenvalue weighted by molar-refractivity contribution is 7.88. The number of hydrogen-bond donors (Lipinski definition) is 0. The predicted octanol–water partition coefficient (Wildman–Crippen LogP) is 2.46. The van der Waals surface area contributed by atoms with Crippen molar-refractivity contribution in [2.45, 2.75) is 12.7 Å². The molecule has 1 saturated heterocycles. The van der Waals surface area contributed by atoms with Crippen molar-refractivity contribution in [3.8, 4) is 0 Å². The van der Waals surface area contributed by atoms with Crippen LogP contribution in [0.4, 0.5) is 4.39 Å². The second-order valence-electron chi connectivity index (χ2n) is 6.82. The Morgan fingerprint density at radius 3 is 2.37 bits per heavy atom. The van der Waals surface area contributed by atoms with Gasteiger partial charge in [-0.05, 0) is 24.6 Å². The fourth-order valence-electron chi connectivity index (χ4n) is 3.18. The average molecular weight is 390 g/mol. The number of aryl methyl sites for hydroxylation is 1. The van der Waals surface area contributed by atoms with Crippen LogP contribution in [0, 0.1) is 12.7 Å². The van der Waals surface area contributed by atoms with Crippen LogP contribution < -0.4 is 0 Å². The zero-order valence-corrected chi connectivity index (χ0v) is 16.1. The molecule has 3 rings (SSSR count).